The predicted octanol–water partition coefficient (Wildman–Crippen LogP) is 1.23. The zero-order valence-corrected chi connectivity index (χ0v) is 11.3. The van der Waals surface area contributed by atoms with Gasteiger partial charge in [0, 0.05) is 25.0 Å². The second kappa shape index (κ2) is 5.29. The summed E-state index contributed by atoms with van der Waals surface area (Å²) in [7, 11) is 0. The number of carbonyl (C=O) groups excluding carboxylic acids is 1. The van der Waals surface area contributed by atoms with E-state index in [1.54, 1.807) is 6.20 Å². The number of hydrogen-bond donors (Lipinski definition) is 1. The van der Waals surface area contributed by atoms with Gasteiger partial charge in [0.15, 0.2) is 0 Å². The van der Waals surface area contributed by atoms with Crippen molar-refractivity contribution in [2.75, 3.05) is 26.2 Å². The van der Waals surface area contributed by atoms with Gasteiger partial charge >= 0.3 is 0 Å². The lowest BCUT2D eigenvalue weighted by Gasteiger charge is -2.33. The van der Waals surface area contributed by atoms with Crippen LogP contribution in [0.5, 0.6) is 0 Å². The maximum absolute atomic E-state index is 12.3. The normalized spacial score (nSPS) is 21.8. The molecular formula is C15H21N3O. The molecule has 2 fully saturated rings. The molecule has 1 aromatic rings. The molecule has 2 aliphatic heterocycles. The fourth-order valence-electron chi connectivity index (χ4n) is 3.28. The first-order valence-corrected chi connectivity index (χ1v) is 7.16. The predicted molar refractivity (Wildman–Crippen MR) is 73.7 cm³/mol. The number of hydrogen-bond acceptors (Lipinski definition) is 3. The molecule has 2 aliphatic rings. The Morgan fingerprint density at radius 1 is 1.32 bits per heavy atom. The zero-order valence-electron chi connectivity index (χ0n) is 11.3. The lowest BCUT2D eigenvalue weighted by molar-refractivity contribution is -0.130. The Balaban J connectivity index is 1.60. The summed E-state index contributed by atoms with van der Waals surface area (Å²) >= 11 is 0. The van der Waals surface area contributed by atoms with Crippen LogP contribution in [0.3, 0.4) is 0 Å². The van der Waals surface area contributed by atoms with Crippen LogP contribution in [-0.4, -0.2) is 42.0 Å². The first kappa shape index (κ1) is 12.6. The topological polar surface area (TPSA) is 45.2 Å². The van der Waals surface area contributed by atoms with E-state index in [2.05, 4.69) is 10.3 Å². The van der Waals surface area contributed by atoms with E-state index < -0.39 is 0 Å². The van der Waals surface area contributed by atoms with Gasteiger partial charge in [-0.15, -0.1) is 0 Å². The monoisotopic (exact) mass is 259 g/mol. The number of nitrogens with one attached hydrogen (secondary N) is 1. The summed E-state index contributed by atoms with van der Waals surface area (Å²) in [6.45, 7) is 4.07. The van der Waals surface area contributed by atoms with Crippen molar-refractivity contribution in [3.8, 4) is 0 Å². The third kappa shape index (κ3) is 2.78. The van der Waals surface area contributed by atoms with E-state index in [1.165, 1.54) is 19.3 Å². The van der Waals surface area contributed by atoms with Crippen molar-refractivity contribution in [2.45, 2.75) is 25.7 Å². The molecule has 4 nitrogen and oxygen atoms in total. The van der Waals surface area contributed by atoms with Crippen LogP contribution in [0.15, 0.2) is 24.4 Å². The molecule has 1 amide bonds. The van der Waals surface area contributed by atoms with E-state index >= 15 is 0 Å². The average molecular weight is 259 g/mol. The molecule has 0 aromatic carbocycles. The summed E-state index contributed by atoms with van der Waals surface area (Å²) < 4.78 is 0. The Morgan fingerprint density at radius 3 is 2.89 bits per heavy atom. The van der Waals surface area contributed by atoms with E-state index in [1.807, 2.05) is 23.1 Å². The Hall–Kier alpha value is -1.42. The van der Waals surface area contributed by atoms with Gasteiger partial charge in [0.2, 0.25) is 5.91 Å². The number of amides is 1. The molecule has 3 heterocycles. The second-order valence-electron chi connectivity index (χ2n) is 5.81. The molecule has 4 heteroatoms. The van der Waals surface area contributed by atoms with Gasteiger partial charge in [-0.1, -0.05) is 6.07 Å². The average Bonchev–Trinajstić information content (AvgIpc) is 2.85. The summed E-state index contributed by atoms with van der Waals surface area (Å²) in [4.78, 5) is 18.6. The minimum absolute atomic E-state index is 0.231. The number of piperidine rings is 1. The highest BCUT2D eigenvalue weighted by molar-refractivity contribution is 5.78. The summed E-state index contributed by atoms with van der Waals surface area (Å²) in [5.41, 5.74) is 1.27. The summed E-state index contributed by atoms with van der Waals surface area (Å²) in [6, 6.07) is 5.75. The minimum atomic E-state index is 0.231. The minimum Gasteiger partial charge on any atom is -0.342 e. The molecule has 1 N–H and O–H groups in total. The second-order valence-corrected chi connectivity index (χ2v) is 5.81. The zero-order chi connectivity index (χ0) is 13.1. The highest BCUT2D eigenvalue weighted by Gasteiger charge is 2.40. The van der Waals surface area contributed by atoms with Gasteiger partial charge in [0.1, 0.15) is 0 Å². The number of nitrogens with zero attached hydrogens (tertiary/aromatic N) is 2. The van der Waals surface area contributed by atoms with Gasteiger partial charge in [-0.05, 0) is 49.9 Å². The summed E-state index contributed by atoms with van der Waals surface area (Å²) in [5.74, 6) is 0.231. The molecule has 0 unspecified atom stereocenters. The van der Waals surface area contributed by atoms with Gasteiger partial charge < -0.3 is 10.2 Å². The third-order valence-electron chi connectivity index (χ3n) is 4.51. The number of aromatic nitrogens is 1. The first-order valence-electron chi connectivity index (χ1n) is 7.16. The van der Waals surface area contributed by atoms with Gasteiger partial charge in [0.05, 0.1) is 6.42 Å². The Labute approximate surface area is 114 Å². The van der Waals surface area contributed by atoms with Crippen molar-refractivity contribution in [3.05, 3.63) is 30.1 Å². The molecule has 0 aliphatic carbocycles. The van der Waals surface area contributed by atoms with Crippen LogP contribution in [0, 0.1) is 5.41 Å². The molecule has 102 valence electrons. The van der Waals surface area contributed by atoms with Crippen molar-refractivity contribution in [3.63, 3.8) is 0 Å². The molecule has 0 saturated carbocycles. The van der Waals surface area contributed by atoms with Crippen LogP contribution in [0.1, 0.15) is 25.0 Å². The number of pyridine rings is 1. The third-order valence-corrected chi connectivity index (χ3v) is 4.51. The molecular weight excluding hydrogens is 238 g/mol. The van der Waals surface area contributed by atoms with Gasteiger partial charge in [-0.3, -0.25) is 9.78 Å². The quantitative estimate of drug-likeness (QED) is 0.869. The SMILES string of the molecule is O=C(Cc1ccccn1)N1CCC2(CCNCC2)C1. The van der Waals surface area contributed by atoms with Gasteiger partial charge in [-0.2, -0.15) is 0 Å². The largest absolute Gasteiger partial charge is 0.342 e. The molecule has 2 saturated heterocycles. The lowest BCUT2D eigenvalue weighted by Crippen LogP contribution is -2.40. The Kier molecular flexibility index (Phi) is 3.51. The van der Waals surface area contributed by atoms with Crippen LogP contribution < -0.4 is 5.32 Å². The summed E-state index contributed by atoms with van der Waals surface area (Å²) in [5, 5.41) is 3.41. The van der Waals surface area contributed by atoms with Crippen molar-refractivity contribution in [1.29, 1.82) is 0 Å². The highest BCUT2D eigenvalue weighted by atomic mass is 16.2. The molecule has 0 radical (unpaired) electrons. The van der Waals surface area contributed by atoms with Gasteiger partial charge in [0.25, 0.3) is 0 Å². The van der Waals surface area contributed by atoms with Crippen LogP contribution >= 0.6 is 0 Å². The lowest BCUT2D eigenvalue weighted by atomic mass is 9.78. The van der Waals surface area contributed by atoms with E-state index in [4.69, 9.17) is 0 Å². The van der Waals surface area contributed by atoms with Crippen molar-refractivity contribution >= 4 is 5.91 Å². The number of carbonyl (C=O) groups is 1. The maximum atomic E-state index is 12.3. The first-order chi connectivity index (χ1) is 9.27. The summed E-state index contributed by atoms with van der Waals surface area (Å²) in [6.07, 6.45) is 5.78. The van der Waals surface area contributed by atoms with E-state index in [9.17, 15) is 4.79 Å². The number of likely N-dealkylation sites (tertiary alicyclic amines) is 1. The molecule has 19 heavy (non-hydrogen) atoms. The standard InChI is InChI=1S/C15H21N3O/c19-14(11-13-3-1-2-7-17-13)18-10-6-15(12-18)4-8-16-9-5-15/h1-3,7,16H,4-6,8-12H2. The highest BCUT2D eigenvalue weighted by Crippen LogP contribution is 2.38. The Morgan fingerprint density at radius 2 is 2.16 bits per heavy atom. The fraction of sp³-hybridized carbons (Fsp3) is 0.600. The van der Waals surface area contributed by atoms with Crippen LogP contribution in [0.4, 0.5) is 0 Å². The fourth-order valence-corrected chi connectivity index (χ4v) is 3.28. The van der Waals surface area contributed by atoms with E-state index in [0.717, 1.165) is 31.9 Å². The molecule has 0 atom stereocenters. The van der Waals surface area contributed by atoms with Gasteiger partial charge in [-0.25, -0.2) is 0 Å². The molecule has 3 rings (SSSR count). The smallest absolute Gasteiger partial charge is 0.228 e. The van der Waals surface area contributed by atoms with Crippen molar-refractivity contribution < 1.29 is 4.79 Å². The molecule has 0 bridgehead atoms. The van der Waals surface area contributed by atoms with E-state index in [0.29, 0.717) is 11.8 Å². The van der Waals surface area contributed by atoms with E-state index in [-0.39, 0.29) is 5.91 Å². The Bertz CT molecular complexity index is 440. The number of rotatable bonds is 2. The van der Waals surface area contributed by atoms with Crippen LogP contribution in [0.2, 0.25) is 0 Å². The molecule has 1 aromatic heterocycles. The molecule has 1 spiro atoms. The van der Waals surface area contributed by atoms with Crippen molar-refractivity contribution in [1.82, 2.24) is 15.2 Å². The van der Waals surface area contributed by atoms with Crippen molar-refractivity contribution in [2.24, 2.45) is 5.41 Å². The van der Waals surface area contributed by atoms with Crippen LogP contribution in [0.25, 0.3) is 0 Å². The van der Waals surface area contributed by atoms with Crippen LogP contribution in [-0.2, 0) is 11.2 Å². The maximum Gasteiger partial charge on any atom is 0.228 e.